The summed E-state index contributed by atoms with van der Waals surface area (Å²) in [5.41, 5.74) is 10.4. The fourth-order valence-corrected chi connectivity index (χ4v) is 2.52. The molecule has 2 aromatic rings. The first kappa shape index (κ1) is 11.2. The third-order valence-corrected chi connectivity index (χ3v) is 3.75. The second-order valence-corrected chi connectivity index (χ2v) is 4.97. The minimum atomic E-state index is 0.346. The van der Waals surface area contributed by atoms with Crippen molar-refractivity contribution in [1.29, 1.82) is 0 Å². The Morgan fingerprint density at radius 1 is 1.22 bits per heavy atom. The SMILES string of the molecule is Cc1cnc(N)nc1-c1ccccc1C1CCC1. The molecule has 0 unspecified atom stereocenters. The smallest absolute Gasteiger partial charge is 0.220 e. The molecule has 2 N–H and O–H groups in total. The van der Waals surface area contributed by atoms with Crippen LogP contribution < -0.4 is 5.73 Å². The lowest BCUT2D eigenvalue weighted by molar-refractivity contribution is 0.420. The Bertz CT molecular complexity index is 574. The number of nitrogens with zero attached hydrogens (tertiary/aromatic N) is 2. The van der Waals surface area contributed by atoms with Crippen LogP contribution in [0, 0.1) is 6.92 Å². The van der Waals surface area contributed by atoms with Crippen LogP contribution in [-0.2, 0) is 0 Å². The van der Waals surface area contributed by atoms with Gasteiger partial charge in [-0.2, -0.15) is 0 Å². The van der Waals surface area contributed by atoms with Gasteiger partial charge in [0.2, 0.25) is 5.95 Å². The van der Waals surface area contributed by atoms with E-state index in [0.717, 1.165) is 11.3 Å². The normalized spacial score (nSPS) is 15.4. The minimum Gasteiger partial charge on any atom is -0.368 e. The van der Waals surface area contributed by atoms with E-state index in [-0.39, 0.29) is 0 Å². The number of hydrogen-bond donors (Lipinski definition) is 1. The van der Waals surface area contributed by atoms with Gasteiger partial charge < -0.3 is 5.73 Å². The zero-order valence-electron chi connectivity index (χ0n) is 10.6. The van der Waals surface area contributed by atoms with Crippen molar-refractivity contribution >= 4 is 5.95 Å². The Morgan fingerprint density at radius 3 is 2.72 bits per heavy atom. The Hall–Kier alpha value is -1.90. The van der Waals surface area contributed by atoms with Gasteiger partial charge in [-0.25, -0.2) is 9.97 Å². The molecule has 3 nitrogen and oxygen atoms in total. The van der Waals surface area contributed by atoms with Crippen molar-refractivity contribution in [2.75, 3.05) is 5.73 Å². The summed E-state index contributed by atoms with van der Waals surface area (Å²) in [5, 5.41) is 0. The van der Waals surface area contributed by atoms with Crippen molar-refractivity contribution in [1.82, 2.24) is 9.97 Å². The number of aryl methyl sites for hydroxylation is 1. The third kappa shape index (κ3) is 1.86. The average molecular weight is 239 g/mol. The molecule has 0 spiro atoms. The van der Waals surface area contributed by atoms with E-state index < -0.39 is 0 Å². The molecular formula is C15H17N3. The lowest BCUT2D eigenvalue weighted by Gasteiger charge is -2.28. The standard InChI is InChI=1S/C15H17N3/c1-10-9-17-15(16)18-14(10)13-8-3-2-7-12(13)11-5-4-6-11/h2-3,7-9,11H,4-6H2,1H3,(H2,16,17,18). The maximum Gasteiger partial charge on any atom is 0.220 e. The van der Waals surface area contributed by atoms with Crippen molar-refractivity contribution < 1.29 is 0 Å². The van der Waals surface area contributed by atoms with Gasteiger partial charge in [-0.3, -0.25) is 0 Å². The predicted octanol–water partition coefficient (Wildman–Crippen LogP) is 3.30. The van der Waals surface area contributed by atoms with Gasteiger partial charge in [-0.05, 0) is 36.8 Å². The lowest BCUT2D eigenvalue weighted by atomic mass is 9.77. The Labute approximate surface area is 107 Å². The molecule has 18 heavy (non-hydrogen) atoms. The highest BCUT2D eigenvalue weighted by molar-refractivity contribution is 5.68. The Morgan fingerprint density at radius 2 is 2.00 bits per heavy atom. The molecule has 0 radical (unpaired) electrons. The maximum atomic E-state index is 5.72. The molecule has 92 valence electrons. The minimum absolute atomic E-state index is 0.346. The number of nitrogens with two attached hydrogens (primary N) is 1. The van der Waals surface area contributed by atoms with Gasteiger partial charge in [-0.1, -0.05) is 30.7 Å². The first-order valence-corrected chi connectivity index (χ1v) is 6.44. The number of hydrogen-bond acceptors (Lipinski definition) is 3. The van der Waals surface area contributed by atoms with Crippen molar-refractivity contribution in [3.8, 4) is 11.3 Å². The van der Waals surface area contributed by atoms with Crippen LogP contribution in [-0.4, -0.2) is 9.97 Å². The number of nitrogen functional groups attached to an aromatic ring is 1. The van der Waals surface area contributed by atoms with Crippen LogP contribution >= 0.6 is 0 Å². The molecule has 0 amide bonds. The van der Waals surface area contributed by atoms with Crippen LogP contribution in [0.5, 0.6) is 0 Å². The Balaban J connectivity index is 2.13. The van der Waals surface area contributed by atoms with Gasteiger partial charge >= 0.3 is 0 Å². The fraction of sp³-hybridized carbons (Fsp3) is 0.333. The first-order valence-electron chi connectivity index (χ1n) is 6.44. The fourth-order valence-electron chi connectivity index (χ4n) is 2.52. The van der Waals surface area contributed by atoms with Crippen LogP contribution in [0.1, 0.15) is 36.3 Å². The van der Waals surface area contributed by atoms with Crippen molar-refractivity contribution in [2.45, 2.75) is 32.1 Å². The van der Waals surface area contributed by atoms with Gasteiger partial charge in [0.15, 0.2) is 0 Å². The van der Waals surface area contributed by atoms with E-state index in [1.165, 1.54) is 30.4 Å². The average Bonchev–Trinajstić information content (AvgIpc) is 2.31. The van der Waals surface area contributed by atoms with Gasteiger partial charge in [0.1, 0.15) is 0 Å². The van der Waals surface area contributed by atoms with Crippen molar-refractivity contribution in [3.05, 3.63) is 41.6 Å². The summed E-state index contributed by atoms with van der Waals surface area (Å²) < 4.78 is 0. The Kier molecular flexibility index (Phi) is 2.74. The first-order chi connectivity index (χ1) is 8.75. The topological polar surface area (TPSA) is 51.8 Å². The molecule has 3 heteroatoms. The van der Waals surface area contributed by atoms with Gasteiger partial charge in [0.25, 0.3) is 0 Å². The molecule has 1 saturated carbocycles. The van der Waals surface area contributed by atoms with E-state index in [2.05, 4.69) is 34.2 Å². The van der Waals surface area contributed by atoms with E-state index in [4.69, 9.17) is 5.73 Å². The number of anilines is 1. The number of aromatic nitrogens is 2. The summed E-state index contributed by atoms with van der Waals surface area (Å²) in [5.74, 6) is 1.04. The second kappa shape index (κ2) is 4.41. The zero-order chi connectivity index (χ0) is 12.5. The van der Waals surface area contributed by atoms with Crippen LogP contribution in [0.15, 0.2) is 30.5 Å². The molecular weight excluding hydrogens is 222 g/mol. The third-order valence-electron chi connectivity index (χ3n) is 3.75. The molecule has 0 aliphatic heterocycles. The molecule has 0 saturated heterocycles. The van der Waals surface area contributed by atoms with Crippen LogP contribution in [0.3, 0.4) is 0 Å². The zero-order valence-corrected chi connectivity index (χ0v) is 10.6. The van der Waals surface area contributed by atoms with Crippen LogP contribution in [0.25, 0.3) is 11.3 Å². The van der Waals surface area contributed by atoms with Crippen molar-refractivity contribution in [3.63, 3.8) is 0 Å². The van der Waals surface area contributed by atoms with Crippen LogP contribution in [0.2, 0.25) is 0 Å². The summed E-state index contributed by atoms with van der Waals surface area (Å²) in [6, 6.07) is 8.53. The molecule has 1 aromatic heterocycles. The van der Waals surface area contributed by atoms with E-state index in [9.17, 15) is 0 Å². The lowest BCUT2D eigenvalue weighted by Crippen LogP contribution is -2.10. The summed E-state index contributed by atoms with van der Waals surface area (Å²) in [6.07, 6.45) is 5.71. The highest BCUT2D eigenvalue weighted by atomic mass is 15.0. The highest BCUT2D eigenvalue weighted by Crippen LogP contribution is 2.41. The monoisotopic (exact) mass is 239 g/mol. The van der Waals surface area contributed by atoms with Gasteiger partial charge in [0.05, 0.1) is 5.69 Å². The molecule has 0 bridgehead atoms. The summed E-state index contributed by atoms with van der Waals surface area (Å²) in [6.45, 7) is 2.03. The largest absolute Gasteiger partial charge is 0.368 e. The molecule has 1 aliphatic rings. The van der Waals surface area contributed by atoms with Gasteiger partial charge in [-0.15, -0.1) is 0 Å². The molecule has 1 heterocycles. The number of benzene rings is 1. The van der Waals surface area contributed by atoms with Crippen LogP contribution in [0.4, 0.5) is 5.95 Å². The quantitative estimate of drug-likeness (QED) is 0.874. The molecule has 1 aromatic carbocycles. The molecule has 0 atom stereocenters. The predicted molar refractivity (Wildman–Crippen MR) is 73.2 cm³/mol. The van der Waals surface area contributed by atoms with E-state index in [1.807, 2.05) is 6.92 Å². The number of rotatable bonds is 2. The second-order valence-electron chi connectivity index (χ2n) is 4.97. The molecule has 1 aliphatic carbocycles. The van der Waals surface area contributed by atoms with E-state index in [0.29, 0.717) is 11.9 Å². The molecule has 3 rings (SSSR count). The highest BCUT2D eigenvalue weighted by Gasteiger charge is 2.23. The summed E-state index contributed by atoms with van der Waals surface area (Å²) in [7, 11) is 0. The van der Waals surface area contributed by atoms with E-state index in [1.54, 1.807) is 6.20 Å². The summed E-state index contributed by atoms with van der Waals surface area (Å²) in [4.78, 5) is 8.45. The van der Waals surface area contributed by atoms with Gasteiger partial charge in [0, 0.05) is 11.8 Å². The molecule has 1 fully saturated rings. The van der Waals surface area contributed by atoms with Crippen molar-refractivity contribution in [2.24, 2.45) is 0 Å². The van der Waals surface area contributed by atoms with E-state index >= 15 is 0 Å². The summed E-state index contributed by atoms with van der Waals surface area (Å²) >= 11 is 0. The maximum absolute atomic E-state index is 5.72.